The Bertz CT molecular complexity index is 581. The second kappa shape index (κ2) is 6.10. The Morgan fingerprint density at radius 2 is 2.35 bits per heavy atom. The van der Waals surface area contributed by atoms with Gasteiger partial charge >= 0.3 is 0 Å². The number of carbonyl (C=O) groups excluding carboxylic acids is 1. The second-order valence-electron chi connectivity index (χ2n) is 4.59. The molecule has 6 nitrogen and oxygen atoms in total. The fourth-order valence-electron chi connectivity index (χ4n) is 1.94. The van der Waals surface area contributed by atoms with Crippen molar-refractivity contribution in [1.29, 1.82) is 0 Å². The molecule has 0 radical (unpaired) electrons. The third-order valence-corrected chi connectivity index (χ3v) is 2.91. The van der Waals surface area contributed by atoms with Crippen LogP contribution >= 0.6 is 0 Å². The summed E-state index contributed by atoms with van der Waals surface area (Å²) in [7, 11) is 1.54. The average molecular weight is 274 g/mol. The van der Waals surface area contributed by atoms with Gasteiger partial charge in [0.15, 0.2) is 0 Å². The number of benzene rings is 1. The Morgan fingerprint density at radius 1 is 1.55 bits per heavy atom. The molecular formula is C14H18N4O2. The maximum Gasteiger partial charge on any atom is 0.251 e. The molecule has 6 heteroatoms. The largest absolute Gasteiger partial charge is 0.495 e. The molecule has 1 heterocycles. The zero-order valence-electron chi connectivity index (χ0n) is 11.5. The number of imidazole rings is 1. The highest BCUT2D eigenvalue weighted by molar-refractivity contribution is 5.95. The van der Waals surface area contributed by atoms with Crippen LogP contribution < -0.4 is 15.8 Å². The van der Waals surface area contributed by atoms with Crippen LogP contribution in [0.3, 0.4) is 0 Å². The molecule has 0 aliphatic carbocycles. The molecule has 0 aliphatic rings. The highest BCUT2D eigenvalue weighted by atomic mass is 16.5. The molecule has 2 rings (SSSR count). The van der Waals surface area contributed by atoms with Crippen molar-refractivity contribution in [2.45, 2.75) is 19.5 Å². The number of hydrogen-bond acceptors (Lipinski definition) is 4. The van der Waals surface area contributed by atoms with Gasteiger partial charge in [0.25, 0.3) is 5.91 Å². The molecule has 1 atom stereocenters. The molecular weight excluding hydrogens is 256 g/mol. The molecule has 1 aromatic carbocycles. The predicted octanol–water partition coefficient (Wildman–Crippen LogP) is 1.29. The molecule has 1 unspecified atom stereocenters. The van der Waals surface area contributed by atoms with Crippen molar-refractivity contribution < 1.29 is 9.53 Å². The number of nitrogens with one attached hydrogen (secondary N) is 1. The van der Waals surface area contributed by atoms with Gasteiger partial charge in [-0.25, -0.2) is 4.98 Å². The van der Waals surface area contributed by atoms with Crippen LogP contribution in [0.1, 0.15) is 17.3 Å². The maximum atomic E-state index is 12.1. The third kappa shape index (κ3) is 3.28. The zero-order valence-corrected chi connectivity index (χ0v) is 11.5. The van der Waals surface area contributed by atoms with Gasteiger partial charge in [0, 0.05) is 30.5 Å². The number of ether oxygens (including phenoxy) is 1. The zero-order chi connectivity index (χ0) is 14.5. The molecule has 0 fully saturated rings. The van der Waals surface area contributed by atoms with Crippen LogP contribution in [0.4, 0.5) is 5.69 Å². The summed E-state index contributed by atoms with van der Waals surface area (Å²) >= 11 is 0. The van der Waals surface area contributed by atoms with Crippen molar-refractivity contribution in [3.63, 3.8) is 0 Å². The number of amides is 1. The number of nitrogens with two attached hydrogens (primary N) is 1. The van der Waals surface area contributed by atoms with Crippen LogP contribution in [0.25, 0.3) is 0 Å². The lowest BCUT2D eigenvalue weighted by Crippen LogP contribution is -2.35. The minimum atomic E-state index is -0.160. The van der Waals surface area contributed by atoms with Gasteiger partial charge in [-0.2, -0.15) is 0 Å². The highest BCUT2D eigenvalue weighted by Gasteiger charge is 2.11. The van der Waals surface area contributed by atoms with E-state index in [9.17, 15) is 4.79 Å². The predicted molar refractivity (Wildman–Crippen MR) is 76.6 cm³/mol. The first kappa shape index (κ1) is 13.9. The first-order valence-corrected chi connectivity index (χ1v) is 6.30. The molecule has 106 valence electrons. The van der Waals surface area contributed by atoms with Crippen LogP contribution in [0.5, 0.6) is 5.75 Å². The third-order valence-electron chi connectivity index (χ3n) is 2.91. The molecule has 0 saturated heterocycles. The lowest BCUT2D eigenvalue weighted by molar-refractivity contribution is 0.0936. The smallest absolute Gasteiger partial charge is 0.251 e. The van der Waals surface area contributed by atoms with Gasteiger partial charge in [-0.15, -0.1) is 0 Å². The van der Waals surface area contributed by atoms with Crippen molar-refractivity contribution in [1.82, 2.24) is 14.9 Å². The van der Waals surface area contributed by atoms with E-state index in [4.69, 9.17) is 10.5 Å². The first-order chi connectivity index (χ1) is 9.60. The van der Waals surface area contributed by atoms with E-state index in [0.29, 0.717) is 23.5 Å². The van der Waals surface area contributed by atoms with Crippen molar-refractivity contribution in [3.8, 4) is 5.75 Å². The number of methoxy groups -OCH3 is 1. The van der Waals surface area contributed by atoms with Gasteiger partial charge in [0.1, 0.15) is 5.75 Å². The molecule has 1 aromatic heterocycles. The van der Waals surface area contributed by atoms with Crippen molar-refractivity contribution in [2.75, 3.05) is 12.8 Å². The van der Waals surface area contributed by atoms with Crippen LogP contribution in [-0.4, -0.2) is 28.6 Å². The summed E-state index contributed by atoms with van der Waals surface area (Å²) in [6.07, 6.45) is 5.28. The Kier molecular flexibility index (Phi) is 4.24. The Morgan fingerprint density at radius 3 is 2.95 bits per heavy atom. The number of nitrogens with zero attached hydrogens (tertiary/aromatic N) is 2. The fourth-order valence-corrected chi connectivity index (χ4v) is 1.94. The summed E-state index contributed by atoms with van der Waals surface area (Å²) < 4.78 is 6.97. The van der Waals surface area contributed by atoms with E-state index in [1.54, 1.807) is 37.8 Å². The minimum absolute atomic E-state index is 0.0139. The van der Waals surface area contributed by atoms with Crippen molar-refractivity contribution in [2.24, 2.45) is 0 Å². The highest BCUT2D eigenvalue weighted by Crippen LogP contribution is 2.21. The molecule has 3 N–H and O–H groups in total. The van der Waals surface area contributed by atoms with E-state index in [-0.39, 0.29) is 11.9 Å². The fraction of sp³-hybridized carbons (Fsp3) is 0.286. The van der Waals surface area contributed by atoms with Gasteiger partial charge < -0.3 is 20.4 Å². The van der Waals surface area contributed by atoms with E-state index in [1.165, 1.54) is 0 Å². The number of aromatic nitrogens is 2. The van der Waals surface area contributed by atoms with Gasteiger partial charge in [-0.3, -0.25) is 4.79 Å². The van der Waals surface area contributed by atoms with Crippen molar-refractivity contribution >= 4 is 11.6 Å². The first-order valence-electron chi connectivity index (χ1n) is 6.30. The monoisotopic (exact) mass is 274 g/mol. The quantitative estimate of drug-likeness (QED) is 0.805. The summed E-state index contributed by atoms with van der Waals surface area (Å²) in [5.74, 6) is 0.403. The van der Waals surface area contributed by atoms with Gasteiger partial charge in [0.2, 0.25) is 0 Å². The summed E-state index contributed by atoms with van der Waals surface area (Å²) in [5, 5.41) is 2.92. The molecule has 0 aliphatic heterocycles. The molecule has 2 aromatic rings. The van der Waals surface area contributed by atoms with Gasteiger partial charge in [-0.1, -0.05) is 0 Å². The Hall–Kier alpha value is -2.50. The number of nitrogen functional groups attached to an aromatic ring is 1. The lowest BCUT2D eigenvalue weighted by atomic mass is 10.1. The summed E-state index contributed by atoms with van der Waals surface area (Å²) in [4.78, 5) is 16.1. The molecule has 0 bridgehead atoms. The SMILES string of the molecule is COc1ccc(C(=O)NC(C)Cn2ccnc2)cc1N. The number of anilines is 1. The number of rotatable bonds is 5. The lowest BCUT2D eigenvalue weighted by Gasteiger charge is -2.15. The number of hydrogen-bond donors (Lipinski definition) is 2. The standard InChI is InChI=1S/C14H18N4O2/c1-10(8-18-6-5-16-9-18)17-14(19)11-3-4-13(20-2)12(15)7-11/h3-7,9-10H,8,15H2,1-2H3,(H,17,19). The number of carbonyl (C=O) groups is 1. The normalized spacial score (nSPS) is 11.9. The summed E-state index contributed by atoms with van der Waals surface area (Å²) in [6, 6.07) is 4.97. The van der Waals surface area contributed by atoms with Crippen LogP contribution in [0.15, 0.2) is 36.9 Å². The summed E-state index contributed by atoms with van der Waals surface area (Å²) in [5.41, 5.74) is 6.75. The average Bonchev–Trinajstić information content (AvgIpc) is 2.91. The van der Waals surface area contributed by atoms with Crippen LogP contribution in [-0.2, 0) is 6.54 Å². The second-order valence-corrected chi connectivity index (χ2v) is 4.59. The van der Waals surface area contributed by atoms with E-state index >= 15 is 0 Å². The topological polar surface area (TPSA) is 82.2 Å². The van der Waals surface area contributed by atoms with Crippen molar-refractivity contribution in [3.05, 3.63) is 42.5 Å². The molecule has 1 amide bonds. The molecule has 0 spiro atoms. The maximum absolute atomic E-state index is 12.1. The minimum Gasteiger partial charge on any atom is -0.495 e. The van der Waals surface area contributed by atoms with Crippen LogP contribution in [0.2, 0.25) is 0 Å². The Labute approximate surface area is 117 Å². The van der Waals surface area contributed by atoms with Gasteiger partial charge in [0.05, 0.1) is 19.1 Å². The summed E-state index contributed by atoms with van der Waals surface area (Å²) in [6.45, 7) is 2.60. The Balaban J connectivity index is 1.99. The van der Waals surface area contributed by atoms with Gasteiger partial charge in [-0.05, 0) is 25.1 Å². The van der Waals surface area contributed by atoms with E-state index < -0.39 is 0 Å². The molecule has 20 heavy (non-hydrogen) atoms. The van der Waals surface area contributed by atoms with E-state index in [1.807, 2.05) is 17.7 Å². The van der Waals surface area contributed by atoms with E-state index in [2.05, 4.69) is 10.3 Å². The molecule has 0 saturated carbocycles. The van der Waals surface area contributed by atoms with E-state index in [0.717, 1.165) is 0 Å². The van der Waals surface area contributed by atoms with Crippen LogP contribution in [0, 0.1) is 0 Å².